The van der Waals surface area contributed by atoms with Crippen molar-refractivity contribution in [3.63, 3.8) is 0 Å². The van der Waals surface area contributed by atoms with Crippen molar-refractivity contribution >= 4 is 44.0 Å². The molecule has 174 valence electrons. The van der Waals surface area contributed by atoms with Gasteiger partial charge in [-0.05, 0) is 18.2 Å². The van der Waals surface area contributed by atoms with Gasteiger partial charge < -0.3 is 14.6 Å². The highest BCUT2D eigenvalue weighted by Gasteiger charge is 2.29. The molecule has 2 aromatic heterocycles. The first-order valence-corrected chi connectivity index (χ1v) is 12.4. The van der Waals surface area contributed by atoms with E-state index in [0.29, 0.717) is 29.7 Å². The van der Waals surface area contributed by atoms with Crippen LogP contribution in [0.5, 0.6) is 0 Å². The number of morpholine rings is 1. The van der Waals surface area contributed by atoms with Crippen molar-refractivity contribution in [3.05, 3.63) is 47.6 Å². The molecule has 3 heterocycles. The Morgan fingerprint density at radius 1 is 1.12 bits per heavy atom. The fourth-order valence-electron chi connectivity index (χ4n) is 3.39. The number of aryl methyl sites for hydroxylation is 1. The molecule has 0 radical (unpaired) electrons. The van der Waals surface area contributed by atoms with Gasteiger partial charge in [0.15, 0.2) is 5.13 Å². The summed E-state index contributed by atoms with van der Waals surface area (Å²) in [6.07, 6.45) is 1.43. The molecule has 0 saturated carbocycles. The van der Waals surface area contributed by atoms with Crippen LogP contribution in [-0.4, -0.2) is 60.4 Å². The number of hydrogen-bond acceptors (Lipinski definition) is 7. The number of rotatable bonds is 6. The number of benzene rings is 1. The van der Waals surface area contributed by atoms with E-state index in [1.165, 1.54) is 39.4 Å². The SMILES string of the molecule is CC(=O)Nc1ccc(-c2csc(NC(=O)c3cc(S(=O)(=O)N4CCOCC4)cn3C)n2)cc1. The zero-order chi connectivity index (χ0) is 23.6. The van der Waals surface area contributed by atoms with Gasteiger partial charge in [-0.3, -0.25) is 14.9 Å². The van der Waals surface area contributed by atoms with Crippen LogP contribution in [0.15, 0.2) is 46.8 Å². The zero-order valence-corrected chi connectivity index (χ0v) is 19.7. The van der Waals surface area contributed by atoms with Crippen LogP contribution in [0, 0.1) is 0 Å². The van der Waals surface area contributed by atoms with Crippen LogP contribution in [0.3, 0.4) is 0 Å². The molecule has 1 aliphatic rings. The van der Waals surface area contributed by atoms with Gasteiger partial charge in [0.05, 0.1) is 18.9 Å². The predicted molar refractivity (Wildman–Crippen MR) is 125 cm³/mol. The van der Waals surface area contributed by atoms with E-state index in [0.717, 1.165) is 5.56 Å². The monoisotopic (exact) mass is 489 g/mol. The molecule has 2 N–H and O–H groups in total. The molecule has 3 aromatic rings. The lowest BCUT2D eigenvalue weighted by molar-refractivity contribution is -0.114. The van der Waals surface area contributed by atoms with Gasteiger partial charge in [-0.25, -0.2) is 13.4 Å². The molecule has 0 atom stereocenters. The number of sulfonamides is 1. The number of nitrogens with one attached hydrogen (secondary N) is 2. The summed E-state index contributed by atoms with van der Waals surface area (Å²) >= 11 is 1.26. The molecule has 0 unspecified atom stereocenters. The van der Waals surface area contributed by atoms with Crippen LogP contribution < -0.4 is 10.6 Å². The minimum Gasteiger partial charge on any atom is -0.379 e. The van der Waals surface area contributed by atoms with E-state index in [1.807, 2.05) is 17.5 Å². The predicted octanol–water partition coefficient (Wildman–Crippen LogP) is 2.38. The van der Waals surface area contributed by atoms with Gasteiger partial charge in [-0.15, -0.1) is 11.3 Å². The Morgan fingerprint density at radius 3 is 2.48 bits per heavy atom. The number of hydrogen-bond donors (Lipinski definition) is 2. The van der Waals surface area contributed by atoms with E-state index in [-0.39, 0.29) is 29.6 Å². The number of ether oxygens (including phenoxy) is 1. The number of nitrogens with zero attached hydrogens (tertiary/aromatic N) is 3. The van der Waals surface area contributed by atoms with Crippen molar-refractivity contribution in [3.8, 4) is 11.3 Å². The van der Waals surface area contributed by atoms with E-state index in [9.17, 15) is 18.0 Å². The highest BCUT2D eigenvalue weighted by molar-refractivity contribution is 7.89. The Morgan fingerprint density at radius 2 is 1.82 bits per heavy atom. The smallest absolute Gasteiger partial charge is 0.274 e. The van der Waals surface area contributed by atoms with Gasteiger partial charge in [0, 0.05) is 49.9 Å². The lowest BCUT2D eigenvalue weighted by atomic mass is 10.1. The maximum absolute atomic E-state index is 12.9. The lowest BCUT2D eigenvalue weighted by Crippen LogP contribution is -2.40. The minimum absolute atomic E-state index is 0.0659. The number of anilines is 2. The average Bonchev–Trinajstić information content (AvgIpc) is 3.41. The van der Waals surface area contributed by atoms with Gasteiger partial charge >= 0.3 is 0 Å². The summed E-state index contributed by atoms with van der Waals surface area (Å²) in [6, 6.07) is 8.57. The quantitative estimate of drug-likeness (QED) is 0.548. The first kappa shape index (κ1) is 23.1. The summed E-state index contributed by atoms with van der Waals surface area (Å²) in [6.45, 7) is 2.71. The normalized spacial score (nSPS) is 14.7. The fraction of sp³-hybridized carbons (Fsp3) is 0.286. The number of amides is 2. The summed E-state index contributed by atoms with van der Waals surface area (Å²) in [4.78, 5) is 28.5. The van der Waals surface area contributed by atoms with E-state index in [2.05, 4.69) is 15.6 Å². The van der Waals surface area contributed by atoms with Crippen molar-refractivity contribution in [1.82, 2.24) is 13.9 Å². The Hall–Kier alpha value is -3.06. The first-order chi connectivity index (χ1) is 15.7. The molecule has 12 heteroatoms. The van der Waals surface area contributed by atoms with Gasteiger partial charge in [0.1, 0.15) is 10.6 Å². The standard InChI is InChI=1S/C21H23N5O5S2/c1-14(27)22-16-5-3-15(4-6-16)18-13-32-21(23-18)24-20(28)19-11-17(12-25(19)2)33(29,30)26-7-9-31-10-8-26/h3-6,11-13H,7-10H2,1-2H3,(H,22,27)(H,23,24,28). The van der Waals surface area contributed by atoms with Gasteiger partial charge in [0.2, 0.25) is 15.9 Å². The summed E-state index contributed by atoms with van der Waals surface area (Å²) < 4.78 is 33.8. The van der Waals surface area contributed by atoms with Crippen molar-refractivity contribution in [2.24, 2.45) is 7.05 Å². The zero-order valence-electron chi connectivity index (χ0n) is 18.1. The van der Waals surface area contributed by atoms with Crippen LogP contribution in [0.25, 0.3) is 11.3 Å². The van der Waals surface area contributed by atoms with Gasteiger partial charge in [0.25, 0.3) is 5.91 Å². The van der Waals surface area contributed by atoms with Crippen molar-refractivity contribution in [1.29, 1.82) is 0 Å². The third-order valence-corrected chi connectivity index (χ3v) is 7.67. The van der Waals surface area contributed by atoms with E-state index in [4.69, 9.17) is 4.74 Å². The molecular formula is C21H23N5O5S2. The van der Waals surface area contributed by atoms with Crippen LogP contribution >= 0.6 is 11.3 Å². The molecule has 0 aliphatic carbocycles. The van der Waals surface area contributed by atoms with Crippen LogP contribution in [0.4, 0.5) is 10.8 Å². The first-order valence-electron chi connectivity index (χ1n) is 10.1. The Kier molecular flexibility index (Phi) is 6.61. The second-order valence-corrected chi connectivity index (χ2v) is 10.2. The Bertz CT molecular complexity index is 1270. The molecule has 1 fully saturated rings. The lowest BCUT2D eigenvalue weighted by Gasteiger charge is -2.25. The van der Waals surface area contributed by atoms with E-state index < -0.39 is 15.9 Å². The summed E-state index contributed by atoms with van der Waals surface area (Å²) in [5, 5.41) is 7.63. The molecule has 0 spiro atoms. The van der Waals surface area contributed by atoms with Gasteiger partial charge in [-0.2, -0.15) is 4.31 Å². The number of aromatic nitrogens is 2. The summed E-state index contributed by atoms with van der Waals surface area (Å²) in [5.74, 6) is -0.606. The third kappa shape index (κ3) is 5.14. The maximum atomic E-state index is 12.9. The highest BCUT2D eigenvalue weighted by Crippen LogP contribution is 2.27. The molecule has 2 amide bonds. The summed E-state index contributed by atoms with van der Waals surface area (Å²) in [5.41, 5.74) is 2.39. The summed E-state index contributed by atoms with van der Waals surface area (Å²) in [7, 11) is -2.08. The van der Waals surface area contributed by atoms with E-state index in [1.54, 1.807) is 19.2 Å². The molecule has 4 rings (SSSR count). The Labute approximate surface area is 195 Å². The molecule has 0 bridgehead atoms. The molecule has 1 saturated heterocycles. The number of carbonyl (C=O) groups is 2. The maximum Gasteiger partial charge on any atom is 0.274 e. The van der Waals surface area contributed by atoms with Gasteiger partial charge in [-0.1, -0.05) is 12.1 Å². The molecule has 1 aromatic carbocycles. The molecular weight excluding hydrogens is 466 g/mol. The third-order valence-electron chi connectivity index (χ3n) is 5.05. The minimum atomic E-state index is -3.70. The van der Waals surface area contributed by atoms with Crippen molar-refractivity contribution in [2.75, 3.05) is 36.9 Å². The van der Waals surface area contributed by atoms with Crippen molar-refractivity contribution in [2.45, 2.75) is 11.8 Å². The second kappa shape index (κ2) is 9.43. The molecule has 33 heavy (non-hydrogen) atoms. The number of thiazole rings is 1. The van der Waals surface area contributed by atoms with Crippen LogP contribution in [0.2, 0.25) is 0 Å². The average molecular weight is 490 g/mol. The Balaban J connectivity index is 1.47. The largest absolute Gasteiger partial charge is 0.379 e. The second-order valence-electron chi connectivity index (χ2n) is 7.44. The molecule has 1 aliphatic heterocycles. The van der Waals surface area contributed by atoms with Crippen molar-refractivity contribution < 1.29 is 22.7 Å². The van der Waals surface area contributed by atoms with E-state index >= 15 is 0 Å². The topological polar surface area (TPSA) is 123 Å². The molecule has 10 nitrogen and oxygen atoms in total. The van der Waals surface area contributed by atoms with Crippen LogP contribution in [0.1, 0.15) is 17.4 Å². The fourth-order valence-corrected chi connectivity index (χ4v) is 5.58. The number of carbonyl (C=O) groups excluding carboxylic acids is 2. The van der Waals surface area contributed by atoms with Crippen LogP contribution in [-0.2, 0) is 26.6 Å². The highest BCUT2D eigenvalue weighted by atomic mass is 32.2.